The van der Waals surface area contributed by atoms with Crippen LogP contribution < -0.4 is 9.47 Å². The Balaban J connectivity index is 1.62. The maximum Gasteiger partial charge on any atom is 0.339 e. The highest BCUT2D eigenvalue weighted by Crippen LogP contribution is 2.23. The van der Waals surface area contributed by atoms with E-state index in [2.05, 4.69) is 19.1 Å². The number of aromatic carboxylic acids is 1. The molecule has 0 heterocycles. The molecule has 0 aliphatic rings. The second-order valence-corrected chi connectivity index (χ2v) is 7.20. The van der Waals surface area contributed by atoms with Crippen molar-refractivity contribution in [1.29, 1.82) is 0 Å². The molecule has 0 spiro atoms. The molecule has 0 atom stereocenters. The van der Waals surface area contributed by atoms with Gasteiger partial charge in [-0.1, -0.05) is 57.6 Å². The minimum Gasteiger partial charge on any atom is -0.507 e. The Kier molecular flexibility index (Phi) is 9.90. The lowest BCUT2D eigenvalue weighted by atomic mass is 10.0. The average Bonchev–Trinajstić information content (AvgIpc) is 2.71. The minimum atomic E-state index is -1.17. The van der Waals surface area contributed by atoms with Crippen LogP contribution >= 0.6 is 0 Å². The molecule has 2 rings (SSSR count). The van der Waals surface area contributed by atoms with E-state index in [1.165, 1.54) is 68.7 Å². The van der Waals surface area contributed by atoms with Gasteiger partial charge in [0.1, 0.15) is 36.0 Å². The molecule has 2 aromatic carbocycles. The van der Waals surface area contributed by atoms with Gasteiger partial charge in [0, 0.05) is 6.07 Å². The van der Waals surface area contributed by atoms with E-state index in [1.54, 1.807) is 0 Å². The van der Waals surface area contributed by atoms with Gasteiger partial charge in [0.15, 0.2) is 0 Å². The largest absolute Gasteiger partial charge is 0.507 e. The third-order valence-corrected chi connectivity index (χ3v) is 4.81. The first-order valence-electron chi connectivity index (χ1n) is 10.5. The molecule has 0 saturated carbocycles. The van der Waals surface area contributed by atoms with Crippen molar-refractivity contribution in [3.63, 3.8) is 0 Å². The summed E-state index contributed by atoms with van der Waals surface area (Å²) in [6.45, 7) is 2.90. The molecule has 2 N–H and O–H groups in total. The van der Waals surface area contributed by atoms with E-state index in [9.17, 15) is 9.90 Å². The summed E-state index contributed by atoms with van der Waals surface area (Å²) < 4.78 is 11.2. The fraction of sp³-hybridized carbons (Fsp3) is 0.458. The highest BCUT2D eigenvalue weighted by atomic mass is 16.5. The zero-order valence-electron chi connectivity index (χ0n) is 17.2. The Bertz CT molecular complexity index is 739. The number of benzene rings is 2. The molecular formula is C24H32O5. The van der Waals surface area contributed by atoms with Gasteiger partial charge in [-0.2, -0.15) is 0 Å². The molecule has 5 nitrogen and oxygen atoms in total. The molecule has 0 aromatic heterocycles. The summed E-state index contributed by atoms with van der Waals surface area (Å²) >= 11 is 0. The zero-order chi connectivity index (χ0) is 20.9. The Morgan fingerprint density at radius 2 is 1.41 bits per heavy atom. The van der Waals surface area contributed by atoms with Crippen LogP contribution in [0.3, 0.4) is 0 Å². The van der Waals surface area contributed by atoms with E-state index in [-0.39, 0.29) is 11.3 Å². The van der Waals surface area contributed by atoms with E-state index in [4.69, 9.17) is 14.6 Å². The highest BCUT2D eigenvalue weighted by Gasteiger charge is 2.10. The molecule has 5 heteroatoms. The first-order chi connectivity index (χ1) is 14.1. The maximum atomic E-state index is 10.9. The fourth-order valence-corrected chi connectivity index (χ4v) is 3.14. The van der Waals surface area contributed by atoms with Crippen LogP contribution in [0.15, 0.2) is 42.5 Å². The number of rotatable bonds is 14. The molecule has 0 radical (unpaired) electrons. The van der Waals surface area contributed by atoms with E-state index in [1.807, 2.05) is 12.1 Å². The van der Waals surface area contributed by atoms with Gasteiger partial charge in [0.05, 0.1) is 0 Å². The lowest BCUT2D eigenvalue weighted by Crippen LogP contribution is -2.09. The van der Waals surface area contributed by atoms with Crippen molar-refractivity contribution in [2.45, 2.75) is 58.3 Å². The number of ether oxygens (including phenoxy) is 2. The number of hydrogen-bond acceptors (Lipinski definition) is 4. The number of unbranched alkanes of at least 4 members (excludes halogenated alkanes) is 6. The van der Waals surface area contributed by atoms with Crippen molar-refractivity contribution in [3.8, 4) is 17.2 Å². The van der Waals surface area contributed by atoms with Gasteiger partial charge in [0.2, 0.25) is 0 Å². The quantitative estimate of drug-likeness (QED) is 0.390. The number of aryl methyl sites for hydroxylation is 1. The normalized spacial score (nSPS) is 10.7. The van der Waals surface area contributed by atoms with Crippen LogP contribution in [0.2, 0.25) is 0 Å². The topological polar surface area (TPSA) is 76.0 Å². The first kappa shape index (κ1) is 22.6. The molecule has 0 bridgehead atoms. The Morgan fingerprint density at radius 1 is 0.828 bits per heavy atom. The molecule has 158 valence electrons. The summed E-state index contributed by atoms with van der Waals surface area (Å²) in [5.74, 6) is -0.289. The van der Waals surface area contributed by atoms with Gasteiger partial charge in [-0.05, 0) is 42.7 Å². The monoisotopic (exact) mass is 400 g/mol. The molecule has 29 heavy (non-hydrogen) atoms. The van der Waals surface area contributed by atoms with E-state index >= 15 is 0 Å². The smallest absolute Gasteiger partial charge is 0.339 e. The average molecular weight is 401 g/mol. The number of carbonyl (C=O) groups is 1. The molecule has 2 aromatic rings. The Hall–Kier alpha value is -2.69. The molecule has 0 unspecified atom stereocenters. The predicted molar refractivity (Wildman–Crippen MR) is 114 cm³/mol. The molecule has 0 aliphatic heterocycles. The minimum absolute atomic E-state index is 0.148. The van der Waals surface area contributed by atoms with Gasteiger partial charge >= 0.3 is 5.97 Å². The van der Waals surface area contributed by atoms with E-state index in [0.717, 1.165) is 12.2 Å². The summed E-state index contributed by atoms with van der Waals surface area (Å²) in [4.78, 5) is 10.9. The van der Waals surface area contributed by atoms with Gasteiger partial charge in [-0.3, -0.25) is 0 Å². The van der Waals surface area contributed by atoms with Crippen LogP contribution in [0, 0.1) is 0 Å². The predicted octanol–water partition coefficient (Wildman–Crippen LogP) is 5.84. The number of aromatic hydroxyl groups is 1. The number of carboxylic acids is 1. The highest BCUT2D eigenvalue weighted by molar-refractivity contribution is 5.90. The first-order valence-corrected chi connectivity index (χ1v) is 10.5. The second-order valence-electron chi connectivity index (χ2n) is 7.20. The van der Waals surface area contributed by atoms with Gasteiger partial charge in [0.25, 0.3) is 0 Å². The Morgan fingerprint density at radius 3 is 2.03 bits per heavy atom. The Labute approximate surface area is 173 Å². The van der Waals surface area contributed by atoms with Crippen LogP contribution in [0.5, 0.6) is 17.2 Å². The van der Waals surface area contributed by atoms with E-state index in [0.29, 0.717) is 19.0 Å². The maximum absolute atomic E-state index is 10.9. The summed E-state index contributed by atoms with van der Waals surface area (Å²) in [5, 5.41) is 18.6. The summed E-state index contributed by atoms with van der Waals surface area (Å²) in [5.41, 5.74) is 1.18. The lowest BCUT2D eigenvalue weighted by molar-refractivity contribution is 0.0693. The van der Waals surface area contributed by atoms with Crippen molar-refractivity contribution in [2.24, 2.45) is 0 Å². The van der Waals surface area contributed by atoms with Crippen LogP contribution in [0.1, 0.15) is 67.8 Å². The van der Waals surface area contributed by atoms with Crippen molar-refractivity contribution in [3.05, 3.63) is 53.6 Å². The van der Waals surface area contributed by atoms with Crippen molar-refractivity contribution >= 4 is 5.97 Å². The number of hydrogen-bond donors (Lipinski definition) is 2. The van der Waals surface area contributed by atoms with Crippen molar-refractivity contribution in [1.82, 2.24) is 0 Å². The van der Waals surface area contributed by atoms with Crippen LogP contribution in [0.4, 0.5) is 0 Å². The van der Waals surface area contributed by atoms with Gasteiger partial charge in [-0.25, -0.2) is 4.79 Å². The van der Waals surface area contributed by atoms with E-state index < -0.39 is 5.97 Å². The molecule has 0 saturated heterocycles. The fourth-order valence-electron chi connectivity index (χ4n) is 3.14. The van der Waals surface area contributed by atoms with Crippen molar-refractivity contribution in [2.75, 3.05) is 13.2 Å². The number of phenols is 1. The number of carboxylic acid groups (broad SMARTS) is 1. The van der Waals surface area contributed by atoms with Crippen molar-refractivity contribution < 1.29 is 24.5 Å². The lowest BCUT2D eigenvalue weighted by Gasteiger charge is -2.10. The van der Waals surface area contributed by atoms with Gasteiger partial charge in [-0.15, -0.1) is 0 Å². The van der Waals surface area contributed by atoms with Gasteiger partial charge < -0.3 is 19.7 Å². The standard InChI is InChI=1S/C24H32O5/c1-2-3-4-5-6-7-8-9-19-10-12-20(13-11-19)28-16-17-29-21-14-15-22(24(26)27)23(25)18-21/h10-15,18,25H,2-9,16-17H2,1H3,(H,26,27). The van der Waals surface area contributed by atoms with Crippen LogP contribution in [-0.4, -0.2) is 29.4 Å². The molecule has 0 aliphatic carbocycles. The summed E-state index contributed by atoms with van der Waals surface area (Å²) in [6.07, 6.45) is 10.3. The molecule has 0 fully saturated rings. The third-order valence-electron chi connectivity index (χ3n) is 4.81. The third kappa shape index (κ3) is 8.46. The van der Waals surface area contributed by atoms with Crippen LogP contribution in [-0.2, 0) is 6.42 Å². The SMILES string of the molecule is CCCCCCCCCc1ccc(OCCOc2ccc(C(=O)O)c(O)c2)cc1. The van der Waals surface area contributed by atoms with Crippen LogP contribution in [0.25, 0.3) is 0 Å². The second kappa shape index (κ2) is 12.7. The zero-order valence-corrected chi connectivity index (χ0v) is 17.2. The molecule has 0 amide bonds. The molecular weight excluding hydrogens is 368 g/mol. The summed E-state index contributed by atoms with van der Waals surface area (Å²) in [6, 6.07) is 12.3. The summed E-state index contributed by atoms with van der Waals surface area (Å²) in [7, 11) is 0.